The van der Waals surface area contributed by atoms with E-state index < -0.39 is 0 Å². The van der Waals surface area contributed by atoms with Crippen LogP contribution in [0.25, 0.3) is 0 Å². The first-order valence-electron chi connectivity index (χ1n) is 3.91. The maximum atomic E-state index is 6.44. The van der Waals surface area contributed by atoms with Crippen molar-refractivity contribution in [3.05, 3.63) is 39.1 Å². The van der Waals surface area contributed by atoms with Crippen LogP contribution in [0.5, 0.6) is 0 Å². The van der Waals surface area contributed by atoms with Gasteiger partial charge in [-0.2, -0.15) is 0 Å². The second-order valence-electron chi connectivity index (χ2n) is 2.77. The molecule has 0 N–H and O–H groups in total. The quantitative estimate of drug-likeness (QED) is 0.339. The summed E-state index contributed by atoms with van der Waals surface area (Å²) < 4.78 is 3.40. The van der Waals surface area contributed by atoms with Crippen molar-refractivity contribution in [3.8, 4) is 0 Å². The topological polar surface area (TPSA) is 0 Å². The first kappa shape index (κ1) is 12.8. The standard InChI is InChI=1S/C9H4Br2ClIS2/c10-4-3-6(15-9(4)11)7(12)8-5(13)1-2-14-8/h1-3,7H. The maximum Gasteiger partial charge on any atom is 0.103 e. The van der Waals surface area contributed by atoms with E-state index >= 15 is 0 Å². The molecule has 0 saturated heterocycles. The van der Waals surface area contributed by atoms with Crippen LogP contribution in [0, 0.1) is 3.57 Å². The number of rotatable bonds is 2. The second kappa shape index (κ2) is 5.35. The van der Waals surface area contributed by atoms with Gasteiger partial charge in [-0.3, -0.25) is 0 Å². The van der Waals surface area contributed by atoms with Gasteiger partial charge in [-0.05, 0) is 72.0 Å². The van der Waals surface area contributed by atoms with E-state index in [-0.39, 0.29) is 5.38 Å². The minimum absolute atomic E-state index is 0.0375. The van der Waals surface area contributed by atoms with Gasteiger partial charge >= 0.3 is 0 Å². The molecule has 2 aromatic rings. The average molecular weight is 498 g/mol. The van der Waals surface area contributed by atoms with Crippen molar-refractivity contribution >= 4 is 88.7 Å². The monoisotopic (exact) mass is 496 g/mol. The molecule has 0 nitrogen and oxygen atoms in total. The van der Waals surface area contributed by atoms with Gasteiger partial charge in [0.2, 0.25) is 0 Å². The molecule has 6 heteroatoms. The minimum Gasteiger partial charge on any atom is -0.146 e. The van der Waals surface area contributed by atoms with Crippen LogP contribution in [-0.4, -0.2) is 0 Å². The third-order valence-corrected chi connectivity index (χ3v) is 8.11. The number of halogens is 4. The maximum absolute atomic E-state index is 6.44. The summed E-state index contributed by atoms with van der Waals surface area (Å²) in [6.45, 7) is 0. The third kappa shape index (κ3) is 2.80. The summed E-state index contributed by atoms with van der Waals surface area (Å²) in [5.74, 6) is 0. The van der Waals surface area contributed by atoms with E-state index in [2.05, 4.69) is 72.0 Å². The Hall–Kier alpha value is 1.38. The van der Waals surface area contributed by atoms with E-state index in [0.717, 1.165) is 13.1 Å². The van der Waals surface area contributed by atoms with E-state index in [9.17, 15) is 0 Å². The van der Waals surface area contributed by atoms with Crippen LogP contribution in [0.1, 0.15) is 15.1 Å². The first-order valence-corrected chi connectivity index (χ1v) is 8.71. The van der Waals surface area contributed by atoms with Crippen LogP contribution in [0.2, 0.25) is 0 Å². The molecule has 0 aliphatic carbocycles. The van der Waals surface area contributed by atoms with Crippen molar-refractivity contribution in [2.75, 3.05) is 0 Å². The summed E-state index contributed by atoms with van der Waals surface area (Å²) in [4.78, 5) is 2.38. The van der Waals surface area contributed by atoms with Crippen molar-refractivity contribution in [1.82, 2.24) is 0 Å². The van der Waals surface area contributed by atoms with Gasteiger partial charge in [-0.25, -0.2) is 0 Å². The fraction of sp³-hybridized carbons (Fsp3) is 0.111. The summed E-state index contributed by atoms with van der Waals surface area (Å²) in [6, 6.07) is 4.16. The zero-order valence-electron chi connectivity index (χ0n) is 7.14. The number of hydrogen-bond acceptors (Lipinski definition) is 2. The Balaban J connectivity index is 2.36. The summed E-state index contributed by atoms with van der Waals surface area (Å²) in [6.07, 6.45) is 0. The second-order valence-corrected chi connectivity index (χ2v) is 8.57. The molecule has 0 radical (unpaired) electrons. The molecule has 2 rings (SSSR count). The van der Waals surface area contributed by atoms with Crippen LogP contribution >= 0.6 is 88.7 Å². The van der Waals surface area contributed by atoms with E-state index in [1.165, 1.54) is 8.45 Å². The van der Waals surface area contributed by atoms with Crippen LogP contribution in [0.3, 0.4) is 0 Å². The Labute approximate surface area is 131 Å². The van der Waals surface area contributed by atoms with Gasteiger partial charge in [0, 0.05) is 17.8 Å². The van der Waals surface area contributed by atoms with Gasteiger partial charge < -0.3 is 0 Å². The molecular formula is C9H4Br2ClIS2. The lowest BCUT2D eigenvalue weighted by atomic mass is 10.3. The van der Waals surface area contributed by atoms with Crippen molar-refractivity contribution in [2.24, 2.45) is 0 Å². The zero-order chi connectivity index (χ0) is 11.0. The first-order chi connectivity index (χ1) is 7.09. The fourth-order valence-electron chi connectivity index (χ4n) is 1.10. The van der Waals surface area contributed by atoms with Crippen LogP contribution < -0.4 is 0 Å². The Morgan fingerprint density at radius 2 is 2.13 bits per heavy atom. The number of thiophene rings is 2. The molecule has 0 saturated carbocycles. The van der Waals surface area contributed by atoms with Crippen molar-refractivity contribution in [1.29, 1.82) is 0 Å². The molecule has 80 valence electrons. The lowest BCUT2D eigenvalue weighted by Gasteiger charge is -2.04. The van der Waals surface area contributed by atoms with Gasteiger partial charge in [-0.1, -0.05) is 0 Å². The molecule has 2 heterocycles. The van der Waals surface area contributed by atoms with Crippen LogP contribution in [0.15, 0.2) is 25.8 Å². The predicted molar refractivity (Wildman–Crippen MR) is 84.5 cm³/mol. The highest BCUT2D eigenvalue weighted by Gasteiger charge is 2.18. The highest BCUT2D eigenvalue weighted by atomic mass is 127. The van der Waals surface area contributed by atoms with Crippen molar-refractivity contribution in [2.45, 2.75) is 5.38 Å². The smallest absolute Gasteiger partial charge is 0.103 e. The molecule has 15 heavy (non-hydrogen) atoms. The molecule has 0 aliphatic heterocycles. The lowest BCUT2D eigenvalue weighted by Crippen LogP contribution is -1.87. The number of hydrogen-bond donors (Lipinski definition) is 0. The summed E-state index contributed by atoms with van der Waals surface area (Å²) in [5, 5.41) is 2.04. The fourth-order valence-corrected chi connectivity index (χ4v) is 5.80. The van der Waals surface area contributed by atoms with Crippen LogP contribution in [0.4, 0.5) is 0 Å². The molecule has 0 spiro atoms. The molecule has 0 fully saturated rings. The Bertz CT molecular complexity index is 461. The lowest BCUT2D eigenvalue weighted by molar-refractivity contribution is 1.22. The Morgan fingerprint density at radius 3 is 2.60 bits per heavy atom. The molecule has 0 bridgehead atoms. The predicted octanol–water partition coefficient (Wildman–Crippen LogP) is 6.27. The van der Waals surface area contributed by atoms with Gasteiger partial charge in [0.1, 0.15) is 5.38 Å². The summed E-state index contributed by atoms with van der Waals surface area (Å²) in [7, 11) is 0. The van der Waals surface area contributed by atoms with Gasteiger partial charge in [-0.15, -0.1) is 34.3 Å². The Kier molecular flexibility index (Phi) is 4.58. The molecular weight excluding hydrogens is 494 g/mol. The highest BCUT2D eigenvalue weighted by Crippen LogP contribution is 2.42. The van der Waals surface area contributed by atoms with E-state index in [0.29, 0.717) is 0 Å². The van der Waals surface area contributed by atoms with Crippen LogP contribution in [-0.2, 0) is 0 Å². The number of alkyl halides is 1. The highest BCUT2D eigenvalue weighted by molar-refractivity contribution is 14.1. The average Bonchev–Trinajstić information content (AvgIpc) is 2.74. The van der Waals surface area contributed by atoms with Gasteiger partial charge in [0.05, 0.1) is 3.79 Å². The van der Waals surface area contributed by atoms with E-state index in [1.54, 1.807) is 22.7 Å². The Morgan fingerprint density at radius 1 is 1.40 bits per heavy atom. The molecule has 0 aromatic carbocycles. The van der Waals surface area contributed by atoms with E-state index in [4.69, 9.17) is 11.6 Å². The van der Waals surface area contributed by atoms with Gasteiger partial charge in [0.15, 0.2) is 0 Å². The largest absolute Gasteiger partial charge is 0.146 e. The molecule has 2 aromatic heterocycles. The van der Waals surface area contributed by atoms with Crippen molar-refractivity contribution in [3.63, 3.8) is 0 Å². The zero-order valence-corrected chi connectivity index (χ0v) is 14.9. The molecule has 1 atom stereocenters. The van der Waals surface area contributed by atoms with Gasteiger partial charge in [0.25, 0.3) is 0 Å². The molecule has 1 unspecified atom stereocenters. The third-order valence-electron chi connectivity index (χ3n) is 1.79. The minimum atomic E-state index is -0.0375. The molecule has 0 aliphatic rings. The van der Waals surface area contributed by atoms with E-state index in [1.807, 2.05) is 0 Å². The summed E-state index contributed by atoms with van der Waals surface area (Å²) >= 11 is 19.1. The molecule has 0 amide bonds. The van der Waals surface area contributed by atoms with Crippen molar-refractivity contribution < 1.29 is 0 Å². The SMILES string of the molecule is ClC(c1cc(Br)c(Br)s1)c1sccc1I. The summed E-state index contributed by atoms with van der Waals surface area (Å²) in [5.41, 5.74) is 0. The normalized spacial score (nSPS) is 13.1.